The van der Waals surface area contributed by atoms with Crippen LogP contribution >= 0.6 is 12.2 Å². The molecule has 1 heterocycles. The van der Waals surface area contributed by atoms with Gasteiger partial charge in [-0.15, -0.1) is 0 Å². The number of hydrogen-bond acceptors (Lipinski definition) is 6. The third-order valence-electron chi connectivity index (χ3n) is 3.43. The number of nitrogens with one attached hydrogen (secondary N) is 1. The van der Waals surface area contributed by atoms with Crippen LogP contribution in [-0.4, -0.2) is 28.9 Å². The molecule has 0 aliphatic heterocycles. The van der Waals surface area contributed by atoms with E-state index in [1.807, 2.05) is 24.3 Å². The lowest BCUT2D eigenvalue weighted by molar-refractivity contribution is 0.279. The molecule has 8 heteroatoms. The van der Waals surface area contributed by atoms with Crippen LogP contribution in [0.5, 0.6) is 11.8 Å². The van der Waals surface area contributed by atoms with Crippen molar-refractivity contribution in [1.82, 2.24) is 9.97 Å². The number of halogens is 1. The summed E-state index contributed by atoms with van der Waals surface area (Å²) in [4.78, 5) is 7.82. The molecule has 0 saturated carbocycles. The van der Waals surface area contributed by atoms with Crippen molar-refractivity contribution in [3.63, 3.8) is 0 Å². The van der Waals surface area contributed by atoms with E-state index in [0.717, 1.165) is 36.8 Å². The van der Waals surface area contributed by atoms with E-state index in [1.54, 1.807) is 7.11 Å². The summed E-state index contributed by atoms with van der Waals surface area (Å²) in [5.41, 5.74) is 0.876. The molecule has 1 N–H and O–H groups in total. The van der Waals surface area contributed by atoms with Gasteiger partial charge in [-0.25, -0.2) is 9.37 Å². The number of thiocarbonyl (C=S) groups is 1. The first-order valence-electron chi connectivity index (χ1n) is 8.34. The lowest BCUT2D eigenvalue weighted by Gasteiger charge is -2.11. The Morgan fingerprint density at radius 2 is 2.15 bits per heavy atom. The minimum absolute atomic E-state index is 0.0329. The van der Waals surface area contributed by atoms with E-state index in [1.165, 1.54) is 0 Å². The van der Waals surface area contributed by atoms with E-state index in [2.05, 4.69) is 22.2 Å². The van der Waals surface area contributed by atoms with Crippen molar-refractivity contribution in [2.24, 2.45) is 0 Å². The summed E-state index contributed by atoms with van der Waals surface area (Å²) in [7, 11) is 1.59. The lowest BCUT2D eigenvalue weighted by Crippen LogP contribution is -2.16. The van der Waals surface area contributed by atoms with Crippen LogP contribution in [0.2, 0.25) is 0 Å². The number of aromatic nitrogens is 2. The highest BCUT2D eigenvalue weighted by molar-refractivity contribution is 7.80. The van der Waals surface area contributed by atoms with Gasteiger partial charge in [-0.2, -0.15) is 4.98 Å². The second-order valence-electron chi connectivity index (χ2n) is 5.46. The quantitative estimate of drug-likeness (QED) is 0.519. The molecule has 1 aromatic carbocycles. The van der Waals surface area contributed by atoms with Gasteiger partial charge in [0.2, 0.25) is 0 Å². The van der Waals surface area contributed by atoms with E-state index in [9.17, 15) is 4.39 Å². The van der Waals surface area contributed by atoms with Crippen LogP contribution in [0.15, 0.2) is 30.5 Å². The average molecular weight is 379 g/mol. The minimum Gasteiger partial charge on any atom is -0.497 e. The predicted octanol–water partition coefficient (Wildman–Crippen LogP) is 4.11. The summed E-state index contributed by atoms with van der Waals surface area (Å²) >= 11 is 5.04. The monoisotopic (exact) mass is 379 g/mol. The highest BCUT2D eigenvalue weighted by Crippen LogP contribution is 2.17. The molecule has 140 valence electrons. The Hall–Kier alpha value is -2.48. The summed E-state index contributed by atoms with van der Waals surface area (Å²) in [6, 6.07) is 7.43. The molecule has 0 radical (unpaired) electrons. The molecule has 0 amide bonds. The maximum Gasteiger partial charge on any atom is 0.318 e. The van der Waals surface area contributed by atoms with Crippen LogP contribution in [0.4, 0.5) is 10.2 Å². The fourth-order valence-corrected chi connectivity index (χ4v) is 2.25. The molecule has 0 spiro atoms. The zero-order valence-corrected chi connectivity index (χ0v) is 15.6. The van der Waals surface area contributed by atoms with Crippen molar-refractivity contribution in [3.8, 4) is 11.8 Å². The third kappa shape index (κ3) is 6.44. The Kier molecular flexibility index (Phi) is 8.01. The molecule has 2 rings (SSSR count). The van der Waals surface area contributed by atoms with Gasteiger partial charge in [-0.05, 0) is 36.3 Å². The lowest BCUT2D eigenvalue weighted by atomic mass is 10.2. The zero-order chi connectivity index (χ0) is 18.8. The Morgan fingerprint density at radius 3 is 2.92 bits per heavy atom. The Bertz CT molecular complexity index is 731. The fraction of sp³-hybridized carbons (Fsp3) is 0.389. The molecule has 1 aromatic heterocycles. The molecule has 0 saturated heterocycles. The molecule has 26 heavy (non-hydrogen) atoms. The molecule has 0 aliphatic rings. The molecule has 0 fully saturated rings. The van der Waals surface area contributed by atoms with Gasteiger partial charge in [0.15, 0.2) is 11.6 Å². The molecular formula is C18H22FN3O3S. The molecule has 6 nitrogen and oxygen atoms in total. The topological polar surface area (TPSA) is 65.5 Å². The minimum atomic E-state index is -0.641. The smallest absolute Gasteiger partial charge is 0.318 e. The average Bonchev–Trinajstić information content (AvgIpc) is 2.66. The maximum atomic E-state index is 13.9. The van der Waals surface area contributed by atoms with Gasteiger partial charge < -0.3 is 14.2 Å². The number of hydrogen-bond donors (Lipinski definition) is 1. The molecule has 0 bridgehead atoms. The van der Waals surface area contributed by atoms with Crippen LogP contribution in [-0.2, 0) is 11.3 Å². The fourth-order valence-electron chi connectivity index (χ4n) is 2.07. The standard InChI is InChI=1S/C18H22FN3O3S/c1-3-4-5-9-24-18(26)22-16-15(19)11-20-17(21-16)25-12-13-7-6-8-14(10-13)23-2/h6-8,10-11H,3-5,9,12H2,1-2H3,(H,20,21,22,26). The number of benzene rings is 1. The van der Waals surface area contributed by atoms with E-state index < -0.39 is 5.82 Å². The first kappa shape index (κ1) is 19.8. The van der Waals surface area contributed by atoms with E-state index in [0.29, 0.717) is 6.61 Å². The van der Waals surface area contributed by atoms with Crippen molar-refractivity contribution in [2.75, 3.05) is 19.0 Å². The van der Waals surface area contributed by atoms with Crippen molar-refractivity contribution in [2.45, 2.75) is 32.8 Å². The van der Waals surface area contributed by atoms with Gasteiger partial charge in [0.1, 0.15) is 12.4 Å². The van der Waals surface area contributed by atoms with Gasteiger partial charge in [-0.1, -0.05) is 31.9 Å². The SMILES string of the molecule is CCCCCOC(=S)Nc1nc(OCc2cccc(OC)c2)ncc1F. The number of ether oxygens (including phenoxy) is 3. The first-order chi connectivity index (χ1) is 12.6. The largest absolute Gasteiger partial charge is 0.497 e. The van der Waals surface area contributed by atoms with E-state index in [-0.39, 0.29) is 23.6 Å². The van der Waals surface area contributed by atoms with Crippen LogP contribution < -0.4 is 14.8 Å². The van der Waals surface area contributed by atoms with Gasteiger partial charge in [0.05, 0.1) is 19.9 Å². The van der Waals surface area contributed by atoms with E-state index in [4.69, 9.17) is 26.4 Å². The molecule has 0 atom stereocenters. The molecule has 0 unspecified atom stereocenters. The normalized spacial score (nSPS) is 10.3. The molecule has 2 aromatic rings. The second-order valence-corrected chi connectivity index (χ2v) is 5.83. The van der Waals surface area contributed by atoms with Gasteiger partial charge in [0, 0.05) is 0 Å². The summed E-state index contributed by atoms with van der Waals surface area (Å²) in [6.07, 6.45) is 4.04. The van der Waals surface area contributed by atoms with Crippen LogP contribution in [0, 0.1) is 5.82 Å². The van der Waals surface area contributed by atoms with Gasteiger partial charge in [0.25, 0.3) is 5.17 Å². The zero-order valence-electron chi connectivity index (χ0n) is 14.8. The van der Waals surface area contributed by atoms with Crippen molar-refractivity contribution in [1.29, 1.82) is 0 Å². The summed E-state index contributed by atoms with van der Waals surface area (Å²) in [6.45, 7) is 2.80. The maximum absolute atomic E-state index is 13.9. The van der Waals surface area contributed by atoms with Crippen LogP contribution in [0.3, 0.4) is 0 Å². The predicted molar refractivity (Wildman–Crippen MR) is 101 cm³/mol. The Morgan fingerprint density at radius 1 is 1.31 bits per heavy atom. The highest BCUT2D eigenvalue weighted by atomic mass is 32.1. The van der Waals surface area contributed by atoms with E-state index >= 15 is 0 Å². The van der Waals surface area contributed by atoms with Crippen molar-refractivity contribution in [3.05, 3.63) is 41.8 Å². The first-order valence-corrected chi connectivity index (χ1v) is 8.75. The summed E-state index contributed by atoms with van der Waals surface area (Å²) in [5, 5.41) is 2.69. The van der Waals surface area contributed by atoms with Crippen molar-refractivity contribution < 1.29 is 18.6 Å². The number of anilines is 1. The third-order valence-corrected chi connectivity index (χ3v) is 3.65. The number of unbranched alkanes of at least 4 members (excludes halogenated alkanes) is 2. The summed E-state index contributed by atoms with van der Waals surface area (Å²) in [5.74, 6) is -0.00146. The second kappa shape index (κ2) is 10.5. The van der Waals surface area contributed by atoms with Crippen molar-refractivity contribution >= 4 is 23.2 Å². The number of rotatable bonds is 9. The molecular weight excluding hydrogens is 357 g/mol. The highest BCUT2D eigenvalue weighted by Gasteiger charge is 2.10. The Balaban J connectivity index is 1.92. The Labute approximate surface area is 157 Å². The summed E-state index contributed by atoms with van der Waals surface area (Å²) < 4.78 is 29.9. The number of methoxy groups -OCH3 is 1. The van der Waals surface area contributed by atoms with Crippen LogP contribution in [0.1, 0.15) is 31.7 Å². The van der Waals surface area contributed by atoms with Crippen LogP contribution in [0.25, 0.3) is 0 Å². The number of nitrogens with zero attached hydrogens (tertiary/aromatic N) is 2. The molecule has 0 aliphatic carbocycles. The van der Waals surface area contributed by atoms with Gasteiger partial charge >= 0.3 is 6.01 Å². The van der Waals surface area contributed by atoms with Gasteiger partial charge in [-0.3, -0.25) is 5.32 Å².